The van der Waals surface area contributed by atoms with E-state index >= 15 is 0 Å². The monoisotopic (exact) mass is 381 g/mol. The van der Waals surface area contributed by atoms with Gasteiger partial charge in [-0.1, -0.05) is 36.4 Å². The third-order valence-electron chi connectivity index (χ3n) is 4.29. The van der Waals surface area contributed by atoms with Crippen molar-refractivity contribution in [3.63, 3.8) is 0 Å². The summed E-state index contributed by atoms with van der Waals surface area (Å²) in [4.78, 5) is 17.8. The Morgan fingerprint density at radius 1 is 1.04 bits per heavy atom. The Labute approximate surface area is 163 Å². The van der Waals surface area contributed by atoms with Crippen LogP contribution >= 0.6 is 11.3 Å². The number of amides is 2. The third-order valence-corrected chi connectivity index (χ3v) is 5.48. The summed E-state index contributed by atoms with van der Waals surface area (Å²) in [5.41, 5.74) is 4.30. The van der Waals surface area contributed by atoms with Gasteiger partial charge < -0.3 is 15.4 Å². The van der Waals surface area contributed by atoms with Gasteiger partial charge in [-0.05, 0) is 37.1 Å². The minimum Gasteiger partial charge on any atom is -0.497 e. The van der Waals surface area contributed by atoms with Crippen LogP contribution in [0.15, 0.2) is 48.5 Å². The number of carbonyl (C=O) groups excluding carboxylic acids is 1. The summed E-state index contributed by atoms with van der Waals surface area (Å²) in [6.45, 7) is 4.98. The van der Waals surface area contributed by atoms with E-state index in [4.69, 9.17) is 4.74 Å². The molecule has 0 aliphatic heterocycles. The molecule has 2 amide bonds. The van der Waals surface area contributed by atoms with Crippen molar-refractivity contribution in [2.75, 3.05) is 7.11 Å². The Morgan fingerprint density at radius 2 is 1.74 bits per heavy atom. The van der Waals surface area contributed by atoms with Crippen LogP contribution in [0.3, 0.4) is 0 Å². The van der Waals surface area contributed by atoms with E-state index in [1.54, 1.807) is 18.4 Å². The van der Waals surface area contributed by atoms with Crippen LogP contribution in [0.5, 0.6) is 5.75 Å². The molecule has 0 saturated carbocycles. The molecule has 0 spiro atoms. The Balaban J connectivity index is 1.55. The average molecular weight is 382 g/mol. The molecule has 0 bridgehead atoms. The van der Waals surface area contributed by atoms with Crippen LogP contribution < -0.4 is 15.4 Å². The Morgan fingerprint density at radius 3 is 2.44 bits per heavy atom. The van der Waals surface area contributed by atoms with Gasteiger partial charge in [0.25, 0.3) is 0 Å². The second kappa shape index (κ2) is 8.68. The molecule has 1 aromatic heterocycles. The van der Waals surface area contributed by atoms with Crippen molar-refractivity contribution in [2.24, 2.45) is 0 Å². The molecule has 6 heteroatoms. The lowest BCUT2D eigenvalue weighted by atomic mass is 10.1. The maximum Gasteiger partial charge on any atom is 0.315 e. The highest BCUT2D eigenvalue weighted by molar-refractivity contribution is 7.15. The number of carbonyl (C=O) groups is 1. The van der Waals surface area contributed by atoms with E-state index in [0.717, 1.165) is 32.5 Å². The zero-order chi connectivity index (χ0) is 19.2. The summed E-state index contributed by atoms with van der Waals surface area (Å²) < 4.78 is 5.13. The van der Waals surface area contributed by atoms with Crippen molar-refractivity contribution in [3.8, 4) is 16.3 Å². The first-order valence-electron chi connectivity index (χ1n) is 8.73. The van der Waals surface area contributed by atoms with Crippen LogP contribution in [0.1, 0.15) is 21.7 Å². The first-order chi connectivity index (χ1) is 13.1. The molecule has 0 radical (unpaired) electrons. The lowest BCUT2D eigenvalue weighted by Gasteiger charge is -2.08. The van der Waals surface area contributed by atoms with E-state index < -0.39 is 0 Å². The molecule has 3 rings (SSSR count). The zero-order valence-electron chi connectivity index (χ0n) is 15.7. The summed E-state index contributed by atoms with van der Waals surface area (Å²) >= 11 is 1.62. The molecule has 0 unspecified atom stereocenters. The van der Waals surface area contributed by atoms with Gasteiger partial charge in [0.1, 0.15) is 10.8 Å². The molecule has 5 nitrogen and oxygen atoms in total. The molecule has 140 valence electrons. The summed E-state index contributed by atoms with van der Waals surface area (Å²) in [5, 5.41) is 6.76. The van der Waals surface area contributed by atoms with Gasteiger partial charge in [-0.25, -0.2) is 9.78 Å². The average Bonchev–Trinajstić information content (AvgIpc) is 3.06. The van der Waals surface area contributed by atoms with Crippen LogP contribution in [0.2, 0.25) is 0 Å². The molecule has 3 aromatic rings. The van der Waals surface area contributed by atoms with Gasteiger partial charge in [0, 0.05) is 17.0 Å². The predicted molar refractivity (Wildman–Crippen MR) is 109 cm³/mol. The van der Waals surface area contributed by atoms with Crippen molar-refractivity contribution in [1.82, 2.24) is 15.6 Å². The molecule has 0 aliphatic carbocycles. The molecular formula is C21H23N3O2S. The highest BCUT2D eigenvalue weighted by Crippen LogP contribution is 2.29. The van der Waals surface area contributed by atoms with E-state index in [1.165, 1.54) is 5.56 Å². The quantitative estimate of drug-likeness (QED) is 0.664. The number of urea groups is 1. The normalized spacial score (nSPS) is 10.5. The number of methoxy groups -OCH3 is 1. The van der Waals surface area contributed by atoms with Crippen molar-refractivity contribution in [2.45, 2.75) is 26.9 Å². The Hall–Kier alpha value is -2.86. The number of nitrogens with zero attached hydrogens (tertiary/aromatic N) is 1. The minimum absolute atomic E-state index is 0.198. The summed E-state index contributed by atoms with van der Waals surface area (Å²) in [7, 11) is 1.63. The van der Waals surface area contributed by atoms with E-state index in [9.17, 15) is 4.79 Å². The molecule has 1 heterocycles. The van der Waals surface area contributed by atoms with Gasteiger partial charge >= 0.3 is 6.03 Å². The van der Waals surface area contributed by atoms with Crippen LogP contribution in [-0.4, -0.2) is 18.1 Å². The minimum atomic E-state index is -0.198. The summed E-state index contributed by atoms with van der Waals surface area (Å²) in [5.74, 6) is 0.799. The highest BCUT2D eigenvalue weighted by Gasteiger charge is 2.12. The van der Waals surface area contributed by atoms with Crippen molar-refractivity contribution in [3.05, 3.63) is 70.2 Å². The number of rotatable bonds is 6. The number of aryl methyl sites for hydroxylation is 2. The fourth-order valence-electron chi connectivity index (χ4n) is 2.67. The molecule has 0 fully saturated rings. The van der Waals surface area contributed by atoms with Crippen LogP contribution in [0, 0.1) is 13.8 Å². The lowest BCUT2D eigenvalue weighted by molar-refractivity contribution is 0.240. The maximum absolute atomic E-state index is 12.1. The van der Waals surface area contributed by atoms with Gasteiger partial charge in [0.2, 0.25) is 0 Å². The fraction of sp³-hybridized carbons (Fsp3) is 0.238. The summed E-state index contributed by atoms with van der Waals surface area (Å²) in [6, 6.07) is 15.6. The SMILES string of the molecule is COc1ccc(CNC(=O)NCc2sc(-c3ccccc3C)nc2C)cc1. The number of hydrogen-bond acceptors (Lipinski definition) is 4. The first kappa shape index (κ1) is 18.9. The largest absolute Gasteiger partial charge is 0.497 e. The van der Waals surface area contributed by atoms with Crippen LogP contribution in [0.25, 0.3) is 10.6 Å². The first-order valence-corrected chi connectivity index (χ1v) is 9.55. The molecule has 0 atom stereocenters. The molecule has 0 saturated heterocycles. The van der Waals surface area contributed by atoms with Gasteiger partial charge in [0.05, 0.1) is 19.3 Å². The topological polar surface area (TPSA) is 63.2 Å². The van der Waals surface area contributed by atoms with E-state index in [1.807, 2.05) is 43.3 Å². The zero-order valence-corrected chi connectivity index (χ0v) is 16.5. The standard InChI is InChI=1S/C21H23N3O2S/c1-14-6-4-5-7-18(14)20-24-15(2)19(27-20)13-23-21(25)22-12-16-8-10-17(26-3)11-9-16/h4-11H,12-13H2,1-3H3,(H2,22,23,25). The lowest BCUT2D eigenvalue weighted by Crippen LogP contribution is -2.34. The van der Waals surface area contributed by atoms with Crippen molar-refractivity contribution < 1.29 is 9.53 Å². The van der Waals surface area contributed by atoms with Gasteiger partial charge in [-0.2, -0.15) is 0 Å². The number of thiazole rings is 1. The second-order valence-corrected chi connectivity index (χ2v) is 7.31. The van der Waals surface area contributed by atoms with Crippen LogP contribution in [0.4, 0.5) is 4.79 Å². The smallest absolute Gasteiger partial charge is 0.315 e. The number of nitrogens with one attached hydrogen (secondary N) is 2. The number of aromatic nitrogens is 1. The van der Waals surface area contributed by atoms with Gasteiger partial charge in [-0.15, -0.1) is 11.3 Å². The van der Waals surface area contributed by atoms with Gasteiger partial charge in [-0.3, -0.25) is 0 Å². The molecule has 2 aromatic carbocycles. The number of benzene rings is 2. The highest BCUT2D eigenvalue weighted by atomic mass is 32.1. The van der Waals surface area contributed by atoms with Crippen molar-refractivity contribution in [1.29, 1.82) is 0 Å². The van der Waals surface area contributed by atoms with Crippen molar-refractivity contribution >= 4 is 17.4 Å². The Kier molecular flexibility index (Phi) is 6.08. The number of hydrogen-bond donors (Lipinski definition) is 2. The predicted octanol–water partition coefficient (Wildman–Crippen LogP) is 4.43. The third kappa shape index (κ3) is 4.86. The van der Waals surface area contributed by atoms with Crippen LogP contribution in [-0.2, 0) is 13.1 Å². The fourth-order valence-corrected chi connectivity index (χ4v) is 3.76. The maximum atomic E-state index is 12.1. The van der Waals surface area contributed by atoms with Gasteiger partial charge in [0.15, 0.2) is 0 Å². The second-order valence-electron chi connectivity index (χ2n) is 6.23. The molecule has 0 aliphatic rings. The van der Waals surface area contributed by atoms with E-state index in [-0.39, 0.29) is 6.03 Å². The van der Waals surface area contributed by atoms with E-state index in [0.29, 0.717) is 13.1 Å². The molecule has 2 N–H and O–H groups in total. The summed E-state index contributed by atoms with van der Waals surface area (Å²) in [6.07, 6.45) is 0. The van der Waals surface area contributed by atoms with E-state index in [2.05, 4.69) is 34.7 Å². The molecule has 27 heavy (non-hydrogen) atoms. The Bertz CT molecular complexity index is 919. The number of ether oxygens (including phenoxy) is 1. The molecular weight excluding hydrogens is 358 g/mol.